The van der Waals surface area contributed by atoms with Gasteiger partial charge in [-0.25, -0.2) is 0 Å². The molecule has 0 aromatic heterocycles. The van der Waals surface area contributed by atoms with Crippen LogP contribution in [-0.4, -0.2) is 19.5 Å². The molecule has 1 aliphatic heterocycles. The molecule has 0 bridgehead atoms. The van der Waals surface area contributed by atoms with Crippen LogP contribution in [0.5, 0.6) is 0 Å². The van der Waals surface area contributed by atoms with E-state index < -0.39 is 0 Å². The van der Waals surface area contributed by atoms with E-state index in [1.807, 2.05) is 0 Å². The van der Waals surface area contributed by atoms with Crippen LogP contribution in [0.15, 0.2) is 0 Å². The Morgan fingerprint density at radius 1 is 1.45 bits per heavy atom. The first-order valence-electron chi connectivity index (χ1n) is 4.39. The van der Waals surface area contributed by atoms with Crippen molar-refractivity contribution >= 4 is 0 Å². The average molecular weight is 158 g/mol. The number of hydrogen-bond acceptors (Lipinski definition) is 2. The third kappa shape index (κ3) is 2.80. The van der Waals surface area contributed by atoms with Gasteiger partial charge in [0.05, 0.1) is 12.7 Å². The second-order valence-electron chi connectivity index (χ2n) is 3.75. The summed E-state index contributed by atoms with van der Waals surface area (Å²) in [6, 6.07) is 0. The van der Waals surface area contributed by atoms with Gasteiger partial charge in [-0.05, 0) is 19.3 Å². The summed E-state index contributed by atoms with van der Waals surface area (Å²) in [4.78, 5) is 0. The molecule has 0 spiro atoms. The lowest BCUT2D eigenvalue weighted by molar-refractivity contribution is -0.166. The van der Waals surface area contributed by atoms with Crippen molar-refractivity contribution in [2.45, 2.75) is 33.3 Å². The van der Waals surface area contributed by atoms with Gasteiger partial charge in [0.15, 0.2) is 0 Å². The fraction of sp³-hybridized carbons (Fsp3) is 1.00. The fourth-order valence-corrected chi connectivity index (χ4v) is 1.49. The van der Waals surface area contributed by atoms with E-state index in [1.54, 1.807) is 0 Å². The van der Waals surface area contributed by atoms with Crippen molar-refractivity contribution in [3.05, 3.63) is 0 Å². The fourth-order valence-electron chi connectivity index (χ4n) is 1.49. The highest BCUT2D eigenvalue weighted by atomic mass is 16.7. The third-order valence-electron chi connectivity index (χ3n) is 2.18. The van der Waals surface area contributed by atoms with E-state index in [0.29, 0.717) is 18.8 Å². The molecule has 0 aliphatic carbocycles. The van der Waals surface area contributed by atoms with E-state index in [0.717, 1.165) is 12.5 Å². The monoisotopic (exact) mass is 158 g/mol. The average Bonchev–Trinajstić information content (AvgIpc) is 1.93. The normalized spacial score (nSPS) is 32.7. The van der Waals surface area contributed by atoms with Gasteiger partial charge in [0.1, 0.15) is 6.79 Å². The molecule has 2 unspecified atom stereocenters. The minimum Gasteiger partial charge on any atom is -0.355 e. The van der Waals surface area contributed by atoms with Crippen LogP contribution in [0.1, 0.15) is 27.2 Å². The van der Waals surface area contributed by atoms with Crippen LogP contribution in [-0.2, 0) is 9.47 Å². The van der Waals surface area contributed by atoms with Crippen LogP contribution in [0.3, 0.4) is 0 Å². The van der Waals surface area contributed by atoms with Crippen LogP contribution in [0.2, 0.25) is 0 Å². The molecule has 1 rings (SSSR count). The maximum atomic E-state index is 5.37. The molecule has 2 atom stereocenters. The molecule has 1 aliphatic rings. The van der Waals surface area contributed by atoms with Gasteiger partial charge < -0.3 is 9.47 Å². The van der Waals surface area contributed by atoms with Crippen LogP contribution >= 0.6 is 0 Å². The van der Waals surface area contributed by atoms with Gasteiger partial charge in [-0.3, -0.25) is 0 Å². The first kappa shape index (κ1) is 9.01. The zero-order valence-electron chi connectivity index (χ0n) is 7.67. The summed E-state index contributed by atoms with van der Waals surface area (Å²) in [7, 11) is 0. The standard InChI is InChI=1S/C9H18O2/c1-7(2)4-9-5-10-6-11-8(9)3/h7-9H,4-6H2,1-3H3. The second-order valence-corrected chi connectivity index (χ2v) is 3.75. The predicted octanol–water partition coefficient (Wildman–Crippen LogP) is 2.04. The maximum Gasteiger partial charge on any atom is 0.147 e. The predicted molar refractivity (Wildman–Crippen MR) is 44.3 cm³/mol. The lowest BCUT2D eigenvalue weighted by Crippen LogP contribution is -2.32. The van der Waals surface area contributed by atoms with Gasteiger partial charge in [0.25, 0.3) is 0 Å². The topological polar surface area (TPSA) is 18.5 Å². The van der Waals surface area contributed by atoms with Crippen molar-refractivity contribution in [1.29, 1.82) is 0 Å². The Hall–Kier alpha value is -0.0800. The number of ether oxygens (including phenoxy) is 2. The Balaban J connectivity index is 2.29. The molecule has 11 heavy (non-hydrogen) atoms. The quantitative estimate of drug-likeness (QED) is 0.612. The van der Waals surface area contributed by atoms with Crippen molar-refractivity contribution < 1.29 is 9.47 Å². The molecule has 0 saturated carbocycles. The summed E-state index contributed by atoms with van der Waals surface area (Å²) in [5.41, 5.74) is 0. The van der Waals surface area contributed by atoms with Crippen molar-refractivity contribution in [3.63, 3.8) is 0 Å². The Labute approximate surface area is 68.9 Å². The Morgan fingerprint density at radius 2 is 2.18 bits per heavy atom. The summed E-state index contributed by atoms with van der Waals surface area (Å²) in [6.45, 7) is 7.97. The second kappa shape index (κ2) is 4.07. The molecule has 1 heterocycles. The first-order chi connectivity index (χ1) is 5.20. The summed E-state index contributed by atoms with van der Waals surface area (Å²) >= 11 is 0. The highest BCUT2D eigenvalue weighted by molar-refractivity contribution is 4.69. The van der Waals surface area contributed by atoms with E-state index in [-0.39, 0.29) is 0 Å². The molecule has 0 radical (unpaired) electrons. The summed E-state index contributed by atoms with van der Waals surface area (Å²) < 4.78 is 10.6. The third-order valence-corrected chi connectivity index (χ3v) is 2.18. The zero-order valence-corrected chi connectivity index (χ0v) is 7.67. The van der Waals surface area contributed by atoms with Crippen LogP contribution in [0.4, 0.5) is 0 Å². The minimum atomic E-state index is 0.381. The maximum absolute atomic E-state index is 5.37. The van der Waals surface area contributed by atoms with Gasteiger partial charge >= 0.3 is 0 Å². The molecule has 66 valence electrons. The molecule has 0 amide bonds. The minimum absolute atomic E-state index is 0.381. The first-order valence-corrected chi connectivity index (χ1v) is 4.39. The summed E-state index contributed by atoms with van der Waals surface area (Å²) in [6.07, 6.45) is 1.59. The molecule has 0 aromatic carbocycles. The number of rotatable bonds is 2. The van der Waals surface area contributed by atoms with Gasteiger partial charge in [0.2, 0.25) is 0 Å². The molecule has 2 nitrogen and oxygen atoms in total. The largest absolute Gasteiger partial charge is 0.355 e. The Kier molecular flexibility index (Phi) is 3.34. The molecular formula is C9H18O2. The lowest BCUT2D eigenvalue weighted by atomic mass is 9.93. The van der Waals surface area contributed by atoms with E-state index in [9.17, 15) is 0 Å². The SMILES string of the molecule is CC(C)CC1COCOC1C. The van der Waals surface area contributed by atoms with Crippen LogP contribution < -0.4 is 0 Å². The van der Waals surface area contributed by atoms with E-state index in [2.05, 4.69) is 20.8 Å². The summed E-state index contributed by atoms with van der Waals surface area (Å²) in [5, 5.41) is 0. The van der Waals surface area contributed by atoms with Gasteiger partial charge in [-0.2, -0.15) is 0 Å². The highest BCUT2D eigenvalue weighted by Gasteiger charge is 2.22. The molecule has 1 saturated heterocycles. The summed E-state index contributed by atoms with van der Waals surface area (Å²) in [5.74, 6) is 1.34. The van der Waals surface area contributed by atoms with Crippen molar-refractivity contribution in [2.24, 2.45) is 11.8 Å². The zero-order chi connectivity index (χ0) is 8.27. The number of hydrogen-bond donors (Lipinski definition) is 0. The van der Waals surface area contributed by atoms with E-state index in [4.69, 9.17) is 9.47 Å². The van der Waals surface area contributed by atoms with Gasteiger partial charge in [0, 0.05) is 5.92 Å². The van der Waals surface area contributed by atoms with Crippen molar-refractivity contribution in [3.8, 4) is 0 Å². The molecule has 0 N–H and O–H groups in total. The lowest BCUT2D eigenvalue weighted by Gasteiger charge is -2.30. The van der Waals surface area contributed by atoms with E-state index >= 15 is 0 Å². The highest BCUT2D eigenvalue weighted by Crippen LogP contribution is 2.21. The van der Waals surface area contributed by atoms with Crippen molar-refractivity contribution in [1.82, 2.24) is 0 Å². The van der Waals surface area contributed by atoms with Gasteiger partial charge in [-0.1, -0.05) is 13.8 Å². The smallest absolute Gasteiger partial charge is 0.147 e. The Morgan fingerprint density at radius 3 is 2.73 bits per heavy atom. The van der Waals surface area contributed by atoms with Crippen LogP contribution in [0.25, 0.3) is 0 Å². The molecular weight excluding hydrogens is 140 g/mol. The molecule has 1 fully saturated rings. The molecule has 2 heteroatoms. The molecule has 0 aromatic rings. The Bertz CT molecular complexity index is 112. The van der Waals surface area contributed by atoms with Crippen LogP contribution in [0, 0.1) is 11.8 Å². The van der Waals surface area contributed by atoms with Gasteiger partial charge in [-0.15, -0.1) is 0 Å². The van der Waals surface area contributed by atoms with Crippen molar-refractivity contribution in [2.75, 3.05) is 13.4 Å². The van der Waals surface area contributed by atoms with E-state index in [1.165, 1.54) is 6.42 Å².